The van der Waals surface area contributed by atoms with Crippen molar-refractivity contribution in [2.24, 2.45) is 5.92 Å². The number of hydrogen-bond donors (Lipinski definition) is 2. The highest BCUT2D eigenvalue weighted by atomic mass is 35.5. The number of anilines is 1. The van der Waals surface area contributed by atoms with Crippen molar-refractivity contribution in [3.8, 4) is 0 Å². The minimum Gasteiger partial charge on any atom is -0.370 e. The molecule has 0 spiro atoms. The van der Waals surface area contributed by atoms with E-state index in [1.807, 2.05) is 13.8 Å². The Morgan fingerprint density at radius 2 is 2.10 bits per heavy atom. The molecule has 1 aromatic rings. The fourth-order valence-corrected chi connectivity index (χ4v) is 2.21. The summed E-state index contributed by atoms with van der Waals surface area (Å²) >= 11 is 6.06. The van der Waals surface area contributed by atoms with Crippen LogP contribution in [-0.4, -0.2) is 23.5 Å². The molecule has 112 valence electrons. The molecular formula is C15H24ClN3O. The van der Waals surface area contributed by atoms with Crippen molar-refractivity contribution in [3.63, 3.8) is 0 Å². The molecule has 0 radical (unpaired) electrons. The lowest BCUT2D eigenvalue weighted by molar-refractivity contribution is 0.0935. The molecule has 4 nitrogen and oxygen atoms in total. The Morgan fingerprint density at radius 1 is 1.40 bits per heavy atom. The third-order valence-electron chi connectivity index (χ3n) is 3.29. The first kappa shape index (κ1) is 16.8. The van der Waals surface area contributed by atoms with Crippen molar-refractivity contribution in [2.45, 2.75) is 46.6 Å². The number of amides is 1. The van der Waals surface area contributed by atoms with Gasteiger partial charge in [0.1, 0.15) is 5.82 Å². The number of carbonyl (C=O) groups is 1. The lowest BCUT2D eigenvalue weighted by atomic mass is 10.0. The van der Waals surface area contributed by atoms with Gasteiger partial charge >= 0.3 is 0 Å². The second-order valence-electron chi connectivity index (χ2n) is 5.20. The zero-order chi connectivity index (χ0) is 15.1. The molecule has 2 unspecified atom stereocenters. The van der Waals surface area contributed by atoms with Gasteiger partial charge in [0.15, 0.2) is 0 Å². The third-order valence-corrected chi connectivity index (χ3v) is 3.59. The van der Waals surface area contributed by atoms with E-state index < -0.39 is 0 Å². The summed E-state index contributed by atoms with van der Waals surface area (Å²) in [5.74, 6) is 1.11. The second kappa shape index (κ2) is 8.10. The highest BCUT2D eigenvalue weighted by molar-refractivity contribution is 6.33. The van der Waals surface area contributed by atoms with E-state index in [1.54, 1.807) is 6.07 Å². The first-order chi connectivity index (χ1) is 9.47. The molecular weight excluding hydrogens is 274 g/mol. The zero-order valence-corrected chi connectivity index (χ0v) is 13.4. The van der Waals surface area contributed by atoms with Crippen LogP contribution in [-0.2, 0) is 0 Å². The minimum atomic E-state index is -0.146. The summed E-state index contributed by atoms with van der Waals surface area (Å²) in [7, 11) is 0. The molecule has 2 atom stereocenters. The van der Waals surface area contributed by atoms with E-state index >= 15 is 0 Å². The predicted molar refractivity (Wildman–Crippen MR) is 84.4 cm³/mol. The van der Waals surface area contributed by atoms with Crippen molar-refractivity contribution in [1.29, 1.82) is 0 Å². The first-order valence-electron chi connectivity index (χ1n) is 7.18. The first-order valence-corrected chi connectivity index (χ1v) is 7.55. The number of nitrogens with one attached hydrogen (secondary N) is 2. The summed E-state index contributed by atoms with van der Waals surface area (Å²) in [6.45, 7) is 9.09. The van der Waals surface area contributed by atoms with Crippen molar-refractivity contribution in [3.05, 3.63) is 22.8 Å². The molecule has 20 heavy (non-hydrogen) atoms. The number of carbonyl (C=O) groups excluding carboxylic acids is 1. The minimum absolute atomic E-state index is 0.129. The molecule has 0 aliphatic heterocycles. The van der Waals surface area contributed by atoms with Crippen molar-refractivity contribution < 1.29 is 4.79 Å². The van der Waals surface area contributed by atoms with Crippen LogP contribution in [0.25, 0.3) is 0 Å². The summed E-state index contributed by atoms with van der Waals surface area (Å²) in [6.07, 6.45) is 3.58. The molecule has 0 saturated heterocycles. The molecule has 0 fully saturated rings. The van der Waals surface area contributed by atoms with Crippen LogP contribution in [0.1, 0.15) is 50.9 Å². The average Bonchev–Trinajstić information content (AvgIpc) is 2.40. The van der Waals surface area contributed by atoms with E-state index in [9.17, 15) is 4.79 Å². The molecule has 1 aromatic heterocycles. The maximum atomic E-state index is 12.3. The number of hydrogen-bond acceptors (Lipinski definition) is 3. The van der Waals surface area contributed by atoms with Crippen molar-refractivity contribution in [1.82, 2.24) is 10.3 Å². The van der Waals surface area contributed by atoms with Gasteiger partial charge in [0, 0.05) is 18.8 Å². The fourth-order valence-electron chi connectivity index (χ4n) is 2.02. The lowest BCUT2D eigenvalue weighted by Crippen LogP contribution is -2.34. The third kappa shape index (κ3) is 5.00. The summed E-state index contributed by atoms with van der Waals surface area (Å²) in [5.41, 5.74) is 0.466. The molecule has 1 amide bonds. The normalized spacial score (nSPS) is 13.7. The molecule has 0 saturated carbocycles. The Balaban J connectivity index is 2.73. The number of pyridine rings is 1. The van der Waals surface area contributed by atoms with Gasteiger partial charge in [0.25, 0.3) is 5.91 Å². The average molecular weight is 298 g/mol. The molecule has 0 aliphatic rings. The Hall–Kier alpha value is -1.29. The Bertz CT molecular complexity index is 451. The van der Waals surface area contributed by atoms with Crippen LogP contribution in [0, 0.1) is 5.92 Å². The number of rotatable bonds is 7. The highest BCUT2D eigenvalue weighted by Crippen LogP contribution is 2.18. The standard InChI is InChI=1S/C15H24ClN3O/c1-5-10(3)7-11(4)19-15(20)12-8-14(17-6-2)18-9-13(12)16/h8-11H,5-7H2,1-4H3,(H,17,18)(H,19,20). The Labute approximate surface area is 126 Å². The van der Waals surface area contributed by atoms with Gasteiger partial charge in [-0.3, -0.25) is 4.79 Å². The van der Waals surface area contributed by atoms with E-state index in [2.05, 4.69) is 29.5 Å². The zero-order valence-electron chi connectivity index (χ0n) is 12.7. The maximum Gasteiger partial charge on any atom is 0.253 e. The van der Waals surface area contributed by atoms with Crippen LogP contribution >= 0.6 is 11.6 Å². The van der Waals surface area contributed by atoms with Gasteiger partial charge in [-0.15, -0.1) is 0 Å². The van der Waals surface area contributed by atoms with Gasteiger partial charge in [0.2, 0.25) is 0 Å². The molecule has 1 rings (SSSR count). The molecule has 1 heterocycles. The summed E-state index contributed by atoms with van der Waals surface area (Å²) < 4.78 is 0. The Kier molecular flexibility index (Phi) is 6.79. The van der Waals surface area contributed by atoms with Crippen molar-refractivity contribution in [2.75, 3.05) is 11.9 Å². The van der Waals surface area contributed by atoms with E-state index in [1.165, 1.54) is 6.20 Å². The monoisotopic (exact) mass is 297 g/mol. The predicted octanol–water partition coefficient (Wildman–Crippen LogP) is 3.72. The SMILES string of the molecule is CCNc1cc(C(=O)NC(C)CC(C)CC)c(Cl)cn1. The molecule has 2 N–H and O–H groups in total. The van der Waals surface area contributed by atoms with E-state index in [0.29, 0.717) is 22.3 Å². The van der Waals surface area contributed by atoms with E-state index in [4.69, 9.17) is 11.6 Å². The van der Waals surface area contributed by atoms with Gasteiger partial charge in [-0.1, -0.05) is 31.9 Å². The topological polar surface area (TPSA) is 54.0 Å². The Morgan fingerprint density at radius 3 is 2.70 bits per heavy atom. The molecule has 5 heteroatoms. The quantitative estimate of drug-likeness (QED) is 0.806. The van der Waals surface area contributed by atoms with Gasteiger partial charge in [0.05, 0.1) is 10.6 Å². The number of halogens is 1. The van der Waals surface area contributed by atoms with Crippen LogP contribution in [0.15, 0.2) is 12.3 Å². The van der Waals surface area contributed by atoms with Crippen LogP contribution in [0.5, 0.6) is 0 Å². The fraction of sp³-hybridized carbons (Fsp3) is 0.600. The number of nitrogens with zero attached hydrogens (tertiary/aromatic N) is 1. The summed E-state index contributed by atoms with van der Waals surface area (Å²) in [4.78, 5) is 16.4. The van der Waals surface area contributed by atoms with Crippen LogP contribution < -0.4 is 10.6 Å². The second-order valence-corrected chi connectivity index (χ2v) is 5.61. The van der Waals surface area contributed by atoms with Gasteiger partial charge in [-0.25, -0.2) is 4.98 Å². The highest BCUT2D eigenvalue weighted by Gasteiger charge is 2.15. The van der Waals surface area contributed by atoms with Gasteiger partial charge in [-0.05, 0) is 32.3 Å². The van der Waals surface area contributed by atoms with Crippen LogP contribution in [0.2, 0.25) is 5.02 Å². The summed E-state index contributed by atoms with van der Waals surface area (Å²) in [5, 5.41) is 6.44. The molecule has 0 bridgehead atoms. The molecule has 0 aromatic carbocycles. The number of aromatic nitrogens is 1. The largest absolute Gasteiger partial charge is 0.370 e. The van der Waals surface area contributed by atoms with Crippen molar-refractivity contribution >= 4 is 23.3 Å². The summed E-state index contributed by atoms with van der Waals surface area (Å²) in [6, 6.07) is 1.82. The van der Waals surface area contributed by atoms with Crippen LogP contribution in [0.3, 0.4) is 0 Å². The smallest absolute Gasteiger partial charge is 0.253 e. The van der Waals surface area contributed by atoms with Crippen LogP contribution in [0.4, 0.5) is 5.82 Å². The molecule has 0 aliphatic carbocycles. The van der Waals surface area contributed by atoms with Gasteiger partial charge < -0.3 is 10.6 Å². The van der Waals surface area contributed by atoms with E-state index in [-0.39, 0.29) is 11.9 Å². The lowest BCUT2D eigenvalue weighted by Gasteiger charge is -2.18. The van der Waals surface area contributed by atoms with E-state index in [0.717, 1.165) is 19.4 Å². The maximum absolute atomic E-state index is 12.3. The van der Waals surface area contributed by atoms with Gasteiger partial charge in [-0.2, -0.15) is 0 Å².